The summed E-state index contributed by atoms with van der Waals surface area (Å²) in [5, 5.41) is 10.6. The molecule has 5 heteroatoms. The number of hydrogen-bond donors (Lipinski definition) is 2. The lowest BCUT2D eigenvalue weighted by Crippen LogP contribution is -2.28. The smallest absolute Gasteiger partial charge is 0.220 e. The molecule has 1 atom stereocenters. The van der Waals surface area contributed by atoms with Crippen LogP contribution >= 0.6 is 23.7 Å². The Bertz CT molecular complexity index is 337. The summed E-state index contributed by atoms with van der Waals surface area (Å²) < 4.78 is 0. The van der Waals surface area contributed by atoms with Crippen molar-refractivity contribution >= 4 is 29.7 Å². The Morgan fingerprint density at radius 1 is 1.56 bits per heavy atom. The zero-order valence-electron chi connectivity index (χ0n) is 10.5. The SMILES string of the molecule is Cl.O=C(CCC1CCCN1)NCCc1ccsc1. The number of nitrogens with one attached hydrogen (secondary N) is 2. The number of carbonyl (C=O) groups excluding carboxylic acids is 1. The van der Waals surface area contributed by atoms with Crippen molar-refractivity contribution in [2.45, 2.75) is 38.1 Å². The highest BCUT2D eigenvalue weighted by Gasteiger charge is 2.14. The normalized spacial score (nSPS) is 18.3. The fraction of sp³-hybridized carbons (Fsp3) is 0.615. The maximum Gasteiger partial charge on any atom is 0.220 e. The molecule has 0 spiro atoms. The predicted octanol–water partition coefficient (Wildman–Crippen LogP) is 2.36. The highest BCUT2D eigenvalue weighted by Crippen LogP contribution is 2.10. The Morgan fingerprint density at radius 2 is 2.44 bits per heavy atom. The Morgan fingerprint density at radius 3 is 3.11 bits per heavy atom. The second-order valence-corrected chi connectivity index (χ2v) is 5.34. The molecule has 1 aromatic heterocycles. The molecule has 2 rings (SSSR count). The molecule has 1 unspecified atom stereocenters. The maximum absolute atomic E-state index is 11.6. The Balaban J connectivity index is 0.00000162. The molecule has 0 aliphatic carbocycles. The van der Waals surface area contributed by atoms with Crippen LogP contribution in [0.4, 0.5) is 0 Å². The topological polar surface area (TPSA) is 41.1 Å². The second kappa shape index (κ2) is 8.51. The van der Waals surface area contributed by atoms with Crippen molar-refractivity contribution in [1.82, 2.24) is 10.6 Å². The van der Waals surface area contributed by atoms with Gasteiger partial charge in [0.2, 0.25) is 5.91 Å². The van der Waals surface area contributed by atoms with Crippen LogP contribution in [0.3, 0.4) is 0 Å². The third-order valence-corrected chi connectivity index (χ3v) is 3.93. The molecule has 2 N–H and O–H groups in total. The van der Waals surface area contributed by atoms with Gasteiger partial charge in [0.15, 0.2) is 0 Å². The Labute approximate surface area is 119 Å². The van der Waals surface area contributed by atoms with Crippen LogP contribution in [0.15, 0.2) is 16.8 Å². The van der Waals surface area contributed by atoms with Crippen LogP contribution in [-0.2, 0) is 11.2 Å². The zero-order valence-corrected chi connectivity index (χ0v) is 12.1. The molecule has 0 aromatic carbocycles. The maximum atomic E-state index is 11.6. The first kappa shape index (κ1) is 15.5. The van der Waals surface area contributed by atoms with Crippen LogP contribution < -0.4 is 10.6 Å². The molecule has 0 radical (unpaired) electrons. The van der Waals surface area contributed by atoms with Crippen molar-refractivity contribution < 1.29 is 4.79 Å². The Hall–Kier alpha value is -0.580. The van der Waals surface area contributed by atoms with Crippen LogP contribution in [0.5, 0.6) is 0 Å². The van der Waals surface area contributed by atoms with E-state index in [0.717, 1.165) is 25.9 Å². The summed E-state index contributed by atoms with van der Waals surface area (Å²) in [6, 6.07) is 2.68. The summed E-state index contributed by atoms with van der Waals surface area (Å²) in [6.45, 7) is 1.87. The predicted molar refractivity (Wildman–Crippen MR) is 78.5 cm³/mol. The lowest BCUT2D eigenvalue weighted by Gasteiger charge is -2.09. The van der Waals surface area contributed by atoms with E-state index in [2.05, 4.69) is 27.5 Å². The Kier molecular flexibility index (Phi) is 7.32. The minimum Gasteiger partial charge on any atom is -0.356 e. The molecule has 1 aromatic rings. The largest absolute Gasteiger partial charge is 0.356 e. The van der Waals surface area contributed by atoms with Crippen LogP contribution in [0, 0.1) is 0 Å². The number of rotatable bonds is 6. The van der Waals surface area contributed by atoms with Gasteiger partial charge >= 0.3 is 0 Å². The van der Waals surface area contributed by atoms with Gasteiger partial charge in [-0.1, -0.05) is 0 Å². The quantitative estimate of drug-likeness (QED) is 0.844. The third-order valence-electron chi connectivity index (χ3n) is 3.20. The molecule has 0 bridgehead atoms. The first-order valence-corrected chi connectivity index (χ1v) is 7.30. The van der Waals surface area contributed by atoms with Gasteiger partial charge in [0.1, 0.15) is 0 Å². The molecular weight excluding hydrogens is 268 g/mol. The molecule has 0 saturated carbocycles. The molecule has 1 amide bonds. The summed E-state index contributed by atoms with van der Waals surface area (Å²) in [5.74, 6) is 0.189. The van der Waals surface area contributed by atoms with E-state index < -0.39 is 0 Å². The van der Waals surface area contributed by atoms with E-state index in [9.17, 15) is 4.79 Å². The summed E-state index contributed by atoms with van der Waals surface area (Å²) in [6.07, 6.45) is 5.05. The number of carbonyl (C=O) groups is 1. The van der Waals surface area contributed by atoms with Crippen LogP contribution in [0.2, 0.25) is 0 Å². The zero-order chi connectivity index (χ0) is 11.9. The van der Waals surface area contributed by atoms with Gasteiger partial charge < -0.3 is 10.6 Å². The molecule has 3 nitrogen and oxygen atoms in total. The minimum atomic E-state index is 0. The number of thiophene rings is 1. The van der Waals surface area contributed by atoms with Crippen molar-refractivity contribution in [3.05, 3.63) is 22.4 Å². The van der Waals surface area contributed by atoms with Crippen molar-refractivity contribution in [1.29, 1.82) is 0 Å². The van der Waals surface area contributed by atoms with Gasteiger partial charge in [0.05, 0.1) is 0 Å². The highest BCUT2D eigenvalue weighted by atomic mass is 35.5. The van der Waals surface area contributed by atoms with Gasteiger partial charge in [-0.15, -0.1) is 12.4 Å². The van der Waals surface area contributed by atoms with Crippen molar-refractivity contribution in [2.24, 2.45) is 0 Å². The minimum absolute atomic E-state index is 0. The van der Waals surface area contributed by atoms with Crippen LogP contribution in [-0.4, -0.2) is 25.0 Å². The highest BCUT2D eigenvalue weighted by molar-refractivity contribution is 7.07. The summed E-state index contributed by atoms with van der Waals surface area (Å²) >= 11 is 1.70. The molecule has 1 saturated heterocycles. The molecule has 18 heavy (non-hydrogen) atoms. The van der Waals surface area contributed by atoms with Gasteiger partial charge in [-0.2, -0.15) is 11.3 Å². The van der Waals surface area contributed by atoms with Crippen molar-refractivity contribution in [2.75, 3.05) is 13.1 Å². The number of halogens is 1. The van der Waals surface area contributed by atoms with Gasteiger partial charge in [0, 0.05) is 19.0 Å². The molecule has 1 aliphatic rings. The van der Waals surface area contributed by atoms with E-state index in [4.69, 9.17) is 0 Å². The van der Waals surface area contributed by atoms with Gasteiger partial charge in [-0.25, -0.2) is 0 Å². The van der Waals surface area contributed by atoms with E-state index >= 15 is 0 Å². The van der Waals surface area contributed by atoms with E-state index in [-0.39, 0.29) is 18.3 Å². The van der Waals surface area contributed by atoms with E-state index in [1.165, 1.54) is 18.4 Å². The van der Waals surface area contributed by atoms with Gasteiger partial charge in [0.25, 0.3) is 0 Å². The molecule has 102 valence electrons. The monoisotopic (exact) mass is 288 g/mol. The summed E-state index contributed by atoms with van der Waals surface area (Å²) in [5.41, 5.74) is 1.31. The average molecular weight is 289 g/mol. The summed E-state index contributed by atoms with van der Waals surface area (Å²) in [4.78, 5) is 11.6. The fourth-order valence-electron chi connectivity index (χ4n) is 2.18. The van der Waals surface area contributed by atoms with E-state index in [1.807, 2.05) is 0 Å². The van der Waals surface area contributed by atoms with E-state index in [1.54, 1.807) is 11.3 Å². The van der Waals surface area contributed by atoms with Gasteiger partial charge in [-0.3, -0.25) is 4.79 Å². The molecule has 1 fully saturated rings. The summed E-state index contributed by atoms with van der Waals surface area (Å²) in [7, 11) is 0. The first-order chi connectivity index (χ1) is 8.34. The van der Waals surface area contributed by atoms with Crippen LogP contribution in [0.1, 0.15) is 31.2 Å². The molecular formula is C13H21ClN2OS. The molecule has 1 aliphatic heterocycles. The van der Waals surface area contributed by atoms with Crippen molar-refractivity contribution in [3.63, 3.8) is 0 Å². The number of hydrogen-bond acceptors (Lipinski definition) is 3. The third kappa shape index (κ3) is 5.38. The van der Waals surface area contributed by atoms with Crippen LogP contribution in [0.25, 0.3) is 0 Å². The standard InChI is InChI=1S/C13H20N2OS.ClH/c16-13(4-3-12-2-1-7-14-12)15-8-5-11-6-9-17-10-11;/h6,9-10,12,14H,1-5,7-8H2,(H,15,16);1H. The van der Waals surface area contributed by atoms with E-state index in [0.29, 0.717) is 12.5 Å². The average Bonchev–Trinajstić information content (AvgIpc) is 2.99. The first-order valence-electron chi connectivity index (χ1n) is 6.36. The second-order valence-electron chi connectivity index (χ2n) is 4.56. The van der Waals surface area contributed by atoms with Gasteiger partial charge in [-0.05, 0) is 54.6 Å². The number of amides is 1. The lowest BCUT2D eigenvalue weighted by atomic mass is 10.1. The van der Waals surface area contributed by atoms with Crippen molar-refractivity contribution in [3.8, 4) is 0 Å². The lowest BCUT2D eigenvalue weighted by molar-refractivity contribution is -0.121. The fourth-order valence-corrected chi connectivity index (χ4v) is 2.88. The molecule has 2 heterocycles.